The molecule has 0 spiro atoms. The highest BCUT2D eigenvalue weighted by atomic mass is 16.5. The second kappa shape index (κ2) is 10.2. The van der Waals surface area contributed by atoms with Gasteiger partial charge in [-0.2, -0.15) is 0 Å². The fraction of sp³-hybridized carbons (Fsp3) is 0.222. The first-order chi connectivity index (χ1) is 16.5. The predicted octanol–water partition coefficient (Wildman–Crippen LogP) is 4.50. The number of Topliss-reactive ketones (excluding diaryl/α,β-unsaturated/α-hetero) is 1. The number of likely N-dealkylation sites (tertiary alicyclic amines) is 1. The number of carbonyl (C=O) groups excluding carboxylic acids is 2. The van der Waals surface area contributed by atoms with Crippen molar-refractivity contribution in [2.24, 2.45) is 0 Å². The molecule has 7 nitrogen and oxygen atoms in total. The van der Waals surface area contributed by atoms with Crippen LogP contribution in [0.5, 0.6) is 11.5 Å². The van der Waals surface area contributed by atoms with Crippen molar-refractivity contribution in [2.75, 3.05) is 13.2 Å². The summed E-state index contributed by atoms with van der Waals surface area (Å²) in [6.45, 7) is 4.93. The number of rotatable bonds is 8. The van der Waals surface area contributed by atoms with Gasteiger partial charge in [0, 0.05) is 24.5 Å². The number of amides is 1. The lowest BCUT2D eigenvalue weighted by atomic mass is 9.95. The Hall–Kier alpha value is -4.13. The van der Waals surface area contributed by atoms with Crippen molar-refractivity contribution < 1.29 is 24.2 Å². The number of aliphatic hydroxyl groups is 1. The Bertz CT molecular complexity index is 1210. The number of hydrogen-bond donors (Lipinski definition) is 1. The van der Waals surface area contributed by atoms with E-state index in [9.17, 15) is 14.7 Å². The summed E-state index contributed by atoms with van der Waals surface area (Å²) in [5.74, 6) is -0.378. The third kappa shape index (κ3) is 4.64. The Kier molecular flexibility index (Phi) is 6.92. The Balaban J connectivity index is 1.82. The zero-order chi connectivity index (χ0) is 24.1. The topological polar surface area (TPSA) is 89.0 Å². The molecule has 0 aliphatic carbocycles. The summed E-state index contributed by atoms with van der Waals surface area (Å²) in [7, 11) is 0. The number of carbonyl (C=O) groups is 2. The van der Waals surface area contributed by atoms with Gasteiger partial charge < -0.3 is 19.5 Å². The molecule has 174 valence electrons. The highest BCUT2D eigenvalue weighted by Crippen LogP contribution is 2.41. The fourth-order valence-electron chi connectivity index (χ4n) is 4.05. The summed E-state index contributed by atoms with van der Waals surface area (Å²) in [5, 5.41) is 11.2. The van der Waals surface area contributed by atoms with Crippen LogP contribution in [0, 0.1) is 0 Å². The van der Waals surface area contributed by atoms with Crippen LogP contribution in [0.25, 0.3) is 5.76 Å². The van der Waals surface area contributed by atoms with Gasteiger partial charge in [-0.25, -0.2) is 0 Å². The van der Waals surface area contributed by atoms with Gasteiger partial charge in [-0.05, 0) is 67.4 Å². The number of aliphatic hydroxyl groups excluding tert-OH is 1. The third-order valence-electron chi connectivity index (χ3n) is 5.54. The van der Waals surface area contributed by atoms with E-state index in [-0.39, 0.29) is 17.9 Å². The minimum absolute atomic E-state index is 0.0340. The van der Waals surface area contributed by atoms with E-state index in [1.165, 1.54) is 4.90 Å². The molecular formula is C27H26N2O5. The molecule has 34 heavy (non-hydrogen) atoms. The number of benzene rings is 2. The number of aromatic nitrogens is 1. The number of ether oxygens (including phenoxy) is 2. The van der Waals surface area contributed by atoms with Crippen LogP contribution >= 0.6 is 0 Å². The molecule has 0 radical (unpaired) electrons. The van der Waals surface area contributed by atoms with E-state index in [4.69, 9.17) is 9.47 Å². The van der Waals surface area contributed by atoms with Gasteiger partial charge >= 0.3 is 0 Å². The van der Waals surface area contributed by atoms with Crippen molar-refractivity contribution in [3.63, 3.8) is 0 Å². The van der Waals surface area contributed by atoms with Crippen LogP contribution in [-0.4, -0.2) is 39.9 Å². The first-order valence-electron chi connectivity index (χ1n) is 11.2. The fourth-order valence-corrected chi connectivity index (χ4v) is 4.05. The van der Waals surface area contributed by atoms with Crippen LogP contribution in [0.15, 0.2) is 78.6 Å². The van der Waals surface area contributed by atoms with Crippen LogP contribution in [0.4, 0.5) is 0 Å². The van der Waals surface area contributed by atoms with Gasteiger partial charge in [0.25, 0.3) is 11.7 Å². The molecular weight excluding hydrogens is 432 g/mol. The van der Waals surface area contributed by atoms with E-state index < -0.39 is 17.7 Å². The second-order valence-corrected chi connectivity index (χ2v) is 7.75. The average Bonchev–Trinajstić information content (AvgIpc) is 3.10. The number of pyridine rings is 1. The maximum absolute atomic E-state index is 13.2. The van der Waals surface area contributed by atoms with Crippen LogP contribution in [0.2, 0.25) is 0 Å². The quantitative estimate of drug-likeness (QED) is 0.304. The number of nitrogens with zero attached hydrogens (tertiary/aromatic N) is 2. The van der Waals surface area contributed by atoms with Crippen molar-refractivity contribution in [1.82, 2.24) is 9.88 Å². The lowest BCUT2D eigenvalue weighted by Gasteiger charge is -2.25. The van der Waals surface area contributed by atoms with Crippen molar-refractivity contribution in [2.45, 2.75) is 26.4 Å². The van der Waals surface area contributed by atoms with E-state index in [1.807, 2.05) is 32.0 Å². The van der Waals surface area contributed by atoms with E-state index in [1.54, 1.807) is 54.9 Å². The molecule has 1 unspecified atom stereocenters. The van der Waals surface area contributed by atoms with Gasteiger partial charge in [0.05, 0.1) is 24.8 Å². The van der Waals surface area contributed by atoms with E-state index in [2.05, 4.69) is 4.98 Å². The molecule has 1 aliphatic rings. The molecule has 1 saturated heterocycles. The lowest BCUT2D eigenvalue weighted by molar-refractivity contribution is -0.140. The standard InChI is InChI=1S/C27H26N2O5/c1-3-33-21-12-10-19(11-13-21)25(30)23-24(20-8-5-9-22(15-20)34-4-2)29(27(32)26(23)31)17-18-7-6-14-28-16-18/h5-16,24,30H,3-4,17H2,1-2H3. The van der Waals surface area contributed by atoms with Crippen molar-refractivity contribution in [3.8, 4) is 11.5 Å². The molecule has 2 aromatic carbocycles. The molecule has 4 rings (SSSR count). The van der Waals surface area contributed by atoms with Gasteiger partial charge in [-0.3, -0.25) is 14.6 Å². The van der Waals surface area contributed by atoms with Crippen LogP contribution in [0.1, 0.15) is 36.6 Å². The molecule has 1 N–H and O–H groups in total. The summed E-state index contributed by atoms with van der Waals surface area (Å²) in [6.07, 6.45) is 3.30. The Morgan fingerprint density at radius 2 is 1.71 bits per heavy atom. The molecule has 0 bridgehead atoms. The highest BCUT2D eigenvalue weighted by Gasteiger charge is 2.46. The summed E-state index contributed by atoms with van der Waals surface area (Å²) < 4.78 is 11.1. The summed E-state index contributed by atoms with van der Waals surface area (Å²) in [5.41, 5.74) is 1.90. The Labute approximate surface area is 198 Å². The van der Waals surface area contributed by atoms with Crippen LogP contribution < -0.4 is 9.47 Å². The van der Waals surface area contributed by atoms with Crippen LogP contribution in [-0.2, 0) is 16.1 Å². The first kappa shape index (κ1) is 23.0. The summed E-state index contributed by atoms with van der Waals surface area (Å²) in [6, 6.07) is 16.8. The Morgan fingerprint density at radius 3 is 2.38 bits per heavy atom. The summed E-state index contributed by atoms with van der Waals surface area (Å²) in [4.78, 5) is 31.9. The molecule has 3 aromatic rings. The molecule has 0 saturated carbocycles. The molecule has 2 heterocycles. The summed E-state index contributed by atoms with van der Waals surface area (Å²) >= 11 is 0. The molecule has 1 aromatic heterocycles. The Morgan fingerprint density at radius 1 is 0.971 bits per heavy atom. The van der Waals surface area contributed by atoms with Crippen molar-refractivity contribution in [3.05, 3.63) is 95.3 Å². The predicted molar refractivity (Wildman–Crippen MR) is 127 cm³/mol. The average molecular weight is 459 g/mol. The van der Waals surface area contributed by atoms with Gasteiger partial charge in [0.2, 0.25) is 0 Å². The zero-order valence-corrected chi connectivity index (χ0v) is 19.1. The SMILES string of the molecule is CCOc1ccc(C(O)=C2C(=O)C(=O)N(Cc3cccnc3)C2c2cccc(OCC)c2)cc1. The molecule has 7 heteroatoms. The second-order valence-electron chi connectivity index (χ2n) is 7.75. The zero-order valence-electron chi connectivity index (χ0n) is 19.1. The minimum atomic E-state index is -0.785. The lowest BCUT2D eigenvalue weighted by Crippen LogP contribution is -2.29. The maximum Gasteiger partial charge on any atom is 0.295 e. The number of ketones is 1. The minimum Gasteiger partial charge on any atom is -0.507 e. The monoisotopic (exact) mass is 458 g/mol. The largest absolute Gasteiger partial charge is 0.507 e. The van der Waals surface area contributed by atoms with E-state index >= 15 is 0 Å². The molecule has 1 atom stereocenters. The highest BCUT2D eigenvalue weighted by molar-refractivity contribution is 6.46. The van der Waals surface area contributed by atoms with Crippen molar-refractivity contribution >= 4 is 17.4 Å². The van der Waals surface area contributed by atoms with Gasteiger partial charge in [-0.15, -0.1) is 0 Å². The van der Waals surface area contributed by atoms with Gasteiger partial charge in [0.1, 0.15) is 17.3 Å². The molecule has 1 fully saturated rings. The van der Waals surface area contributed by atoms with Crippen molar-refractivity contribution in [1.29, 1.82) is 0 Å². The van der Waals surface area contributed by atoms with E-state index in [0.29, 0.717) is 35.8 Å². The van der Waals surface area contributed by atoms with Gasteiger partial charge in [-0.1, -0.05) is 18.2 Å². The molecule has 1 aliphatic heterocycles. The van der Waals surface area contributed by atoms with E-state index in [0.717, 1.165) is 5.56 Å². The van der Waals surface area contributed by atoms with Crippen LogP contribution in [0.3, 0.4) is 0 Å². The number of hydrogen-bond acceptors (Lipinski definition) is 6. The third-order valence-corrected chi connectivity index (χ3v) is 5.54. The normalized spacial score (nSPS) is 17.1. The van der Waals surface area contributed by atoms with Gasteiger partial charge in [0.15, 0.2) is 0 Å². The molecule has 1 amide bonds. The smallest absolute Gasteiger partial charge is 0.295 e. The maximum atomic E-state index is 13.2. The first-order valence-corrected chi connectivity index (χ1v) is 11.2.